The van der Waals surface area contributed by atoms with Gasteiger partial charge in [0.15, 0.2) is 11.5 Å². The zero-order valence-electron chi connectivity index (χ0n) is 21.1. The van der Waals surface area contributed by atoms with Gasteiger partial charge in [0.05, 0.1) is 34.2 Å². The van der Waals surface area contributed by atoms with Gasteiger partial charge in [0.2, 0.25) is 0 Å². The smallest absolute Gasteiger partial charge is 0.282 e. The Balaban J connectivity index is 1.67. The molecule has 0 saturated heterocycles. The predicted octanol–water partition coefficient (Wildman–Crippen LogP) is 6.49. The van der Waals surface area contributed by atoms with Crippen LogP contribution >= 0.6 is 27.5 Å². The van der Waals surface area contributed by atoms with Crippen molar-refractivity contribution in [3.05, 3.63) is 102 Å². The van der Waals surface area contributed by atoms with E-state index in [9.17, 15) is 14.9 Å². The fraction of sp³-hybridized carbons (Fsp3) is 0.222. The van der Waals surface area contributed by atoms with Gasteiger partial charge in [0.1, 0.15) is 12.4 Å². The Kier molecular flexibility index (Phi) is 7.84. The van der Waals surface area contributed by atoms with Gasteiger partial charge in [0.25, 0.3) is 11.2 Å². The Morgan fingerprint density at radius 2 is 1.87 bits per heavy atom. The van der Waals surface area contributed by atoms with Crippen LogP contribution in [0.15, 0.2) is 69.0 Å². The number of nitro groups is 1. The van der Waals surface area contributed by atoms with Crippen LogP contribution in [0.4, 0.5) is 5.69 Å². The topological polar surface area (TPSA) is 109 Å². The highest BCUT2D eigenvalue weighted by molar-refractivity contribution is 9.10. The maximum atomic E-state index is 13.4. The first-order chi connectivity index (χ1) is 18.0. The molecule has 0 atom stereocenters. The third kappa shape index (κ3) is 5.87. The van der Waals surface area contributed by atoms with E-state index in [2.05, 4.69) is 21.0 Å². The number of hydrogen-bond acceptors (Lipinski definition) is 7. The summed E-state index contributed by atoms with van der Waals surface area (Å²) in [5.74, 6) is 1.19. The lowest BCUT2D eigenvalue weighted by atomic mass is 9.95. The molecule has 4 aromatic rings. The van der Waals surface area contributed by atoms with Gasteiger partial charge in [-0.1, -0.05) is 48.3 Å². The molecule has 0 aliphatic carbocycles. The molecule has 0 radical (unpaired) electrons. The molecule has 3 aromatic carbocycles. The summed E-state index contributed by atoms with van der Waals surface area (Å²) in [7, 11) is 1.48. The van der Waals surface area contributed by atoms with Gasteiger partial charge in [0, 0.05) is 22.0 Å². The SMILES string of the molecule is COc1cc(C=Nn2c(C(C)(C)C)nc3ccc(Br)cc3c2=O)cc(Cl)c1OCc1ccc([N+](=O)[O-])cc1. The van der Waals surface area contributed by atoms with Crippen molar-refractivity contribution >= 4 is 50.3 Å². The Morgan fingerprint density at radius 3 is 2.50 bits per heavy atom. The van der Waals surface area contributed by atoms with Crippen molar-refractivity contribution in [3.8, 4) is 11.5 Å². The van der Waals surface area contributed by atoms with Gasteiger partial charge in [-0.25, -0.2) is 4.98 Å². The Bertz CT molecular complexity index is 1610. The van der Waals surface area contributed by atoms with Gasteiger partial charge in [-0.3, -0.25) is 14.9 Å². The molecular weight excluding hydrogens is 576 g/mol. The van der Waals surface area contributed by atoms with Gasteiger partial charge in [-0.15, -0.1) is 0 Å². The van der Waals surface area contributed by atoms with E-state index in [1.165, 1.54) is 30.1 Å². The van der Waals surface area contributed by atoms with Crippen LogP contribution in [0, 0.1) is 10.1 Å². The molecule has 0 amide bonds. The number of hydrogen-bond donors (Lipinski definition) is 0. The number of non-ortho nitro benzene ring substituents is 1. The van der Waals surface area contributed by atoms with E-state index >= 15 is 0 Å². The van der Waals surface area contributed by atoms with Crippen molar-refractivity contribution < 1.29 is 14.4 Å². The highest BCUT2D eigenvalue weighted by Gasteiger charge is 2.23. The van der Waals surface area contributed by atoms with Gasteiger partial charge < -0.3 is 9.47 Å². The van der Waals surface area contributed by atoms with Crippen LogP contribution in [-0.4, -0.2) is 27.9 Å². The molecule has 0 unspecified atom stereocenters. The Hall–Kier alpha value is -3.76. The number of rotatable bonds is 7. The molecule has 1 heterocycles. The van der Waals surface area contributed by atoms with Crippen LogP contribution in [0.1, 0.15) is 37.7 Å². The van der Waals surface area contributed by atoms with E-state index in [0.717, 1.165) is 10.0 Å². The minimum absolute atomic E-state index is 0.00373. The number of aromatic nitrogens is 2. The second kappa shape index (κ2) is 10.9. The highest BCUT2D eigenvalue weighted by Crippen LogP contribution is 2.36. The Morgan fingerprint density at radius 1 is 1.16 bits per heavy atom. The Labute approximate surface area is 232 Å². The first-order valence-electron chi connectivity index (χ1n) is 11.5. The van der Waals surface area contributed by atoms with E-state index in [1.54, 1.807) is 36.4 Å². The number of nitro benzene ring substituents is 1. The number of ether oxygens (including phenoxy) is 2. The van der Waals surface area contributed by atoms with E-state index < -0.39 is 10.3 Å². The molecule has 0 aliphatic heterocycles. The highest BCUT2D eigenvalue weighted by atomic mass is 79.9. The van der Waals surface area contributed by atoms with E-state index in [4.69, 9.17) is 26.1 Å². The van der Waals surface area contributed by atoms with Crippen LogP contribution in [-0.2, 0) is 12.0 Å². The molecule has 1 aromatic heterocycles. The lowest BCUT2D eigenvalue weighted by molar-refractivity contribution is -0.384. The van der Waals surface area contributed by atoms with Crippen LogP contribution in [0.3, 0.4) is 0 Å². The van der Waals surface area contributed by atoms with Crippen molar-refractivity contribution in [3.63, 3.8) is 0 Å². The standard InChI is InChI=1S/C27H24BrClN4O5/c1-27(2,3)26-31-22-10-7-18(28)13-20(22)25(34)32(26)30-14-17-11-21(29)24(23(12-17)37-4)38-15-16-5-8-19(9-6-16)33(35)36/h5-14H,15H2,1-4H3. The van der Waals surface area contributed by atoms with Crippen molar-refractivity contribution in [2.75, 3.05) is 7.11 Å². The minimum atomic E-state index is -0.462. The molecule has 0 bridgehead atoms. The summed E-state index contributed by atoms with van der Waals surface area (Å²) in [6.07, 6.45) is 1.51. The molecule has 196 valence electrons. The summed E-state index contributed by atoms with van der Waals surface area (Å²) in [5.41, 5.74) is 1.14. The lowest BCUT2D eigenvalue weighted by Crippen LogP contribution is -2.29. The molecule has 38 heavy (non-hydrogen) atoms. The summed E-state index contributed by atoms with van der Waals surface area (Å²) in [6.45, 7) is 6.01. The summed E-state index contributed by atoms with van der Waals surface area (Å²) < 4.78 is 13.4. The summed E-state index contributed by atoms with van der Waals surface area (Å²) in [5, 5.41) is 16.0. The minimum Gasteiger partial charge on any atom is -0.493 e. The van der Waals surface area contributed by atoms with Crippen molar-refractivity contribution in [1.82, 2.24) is 9.66 Å². The van der Waals surface area contributed by atoms with E-state index in [-0.39, 0.29) is 22.9 Å². The molecular formula is C27H24BrClN4O5. The average molecular weight is 600 g/mol. The zero-order chi connectivity index (χ0) is 27.6. The summed E-state index contributed by atoms with van der Waals surface area (Å²) >= 11 is 9.93. The average Bonchev–Trinajstić information content (AvgIpc) is 2.87. The van der Waals surface area contributed by atoms with Gasteiger partial charge in [-0.2, -0.15) is 9.78 Å². The molecule has 0 N–H and O–H groups in total. The molecule has 9 nitrogen and oxygen atoms in total. The van der Waals surface area contributed by atoms with Crippen molar-refractivity contribution in [2.45, 2.75) is 32.8 Å². The van der Waals surface area contributed by atoms with Gasteiger partial charge >= 0.3 is 0 Å². The van der Waals surface area contributed by atoms with Crippen LogP contribution in [0.25, 0.3) is 10.9 Å². The number of methoxy groups -OCH3 is 1. The molecule has 0 saturated carbocycles. The van der Waals surface area contributed by atoms with Gasteiger partial charge in [-0.05, 0) is 53.6 Å². The first-order valence-corrected chi connectivity index (χ1v) is 12.7. The van der Waals surface area contributed by atoms with Crippen LogP contribution < -0.4 is 15.0 Å². The predicted molar refractivity (Wildman–Crippen MR) is 151 cm³/mol. The third-order valence-corrected chi connectivity index (χ3v) is 6.36. The molecule has 0 spiro atoms. The quantitative estimate of drug-likeness (QED) is 0.137. The largest absolute Gasteiger partial charge is 0.493 e. The van der Waals surface area contributed by atoms with E-state index in [1.807, 2.05) is 26.8 Å². The zero-order valence-corrected chi connectivity index (χ0v) is 23.4. The lowest BCUT2D eigenvalue weighted by Gasteiger charge is -2.21. The maximum Gasteiger partial charge on any atom is 0.282 e. The van der Waals surface area contributed by atoms with Crippen molar-refractivity contribution in [2.24, 2.45) is 5.10 Å². The summed E-state index contributed by atoms with van der Waals surface area (Å²) in [4.78, 5) is 28.5. The third-order valence-electron chi connectivity index (χ3n) is 5.58. The van der Waals surface area contributed by atoms with Crippen molar-refractivity contribution in [1.29, 1.82) is 0 Å². The maximum absolute atomic E-state index is 13.4. The second-order valence-electron chi connectivity index (χ2n) is 9.45. The monoisotopic (exact) mass is 598 g/mol. The fourth-order valence-electron chi connectivity index (χ4n) is 3.69. The molecule has 0 fully saturated rings. The van der Waals surface area contributed by atoms with Crippen LogP contribution in [0.2, 0.25) is 5.02 Å². The summed E-state index contributed by atoms with van der Waals surface area (Å²) in [6, 6.07) is 14.7. The number of halogens is 2. The molecule has 11 heteroatoms. The number of nitrogens with zero attached hydrogens (tertiary/aromatic N) is 4. The normalized spacial score (nSPS) is 11.7. The molecule has 4 rings (SSSR count). The first kappa shape index (κ1) is 27.3. The van der Waals surface area contributed by atoms with E-state index in [0.29, 0.717) is 33.8 Å². The fourth-order valence-corrected chi connectivity index (χ4v) is 4.32. The second-order valence-corrected chi connectivity index (χ2v) is 10.8. The number of fused-ring (bicyclic) bond motifs is 1. The number of benzene rings is 3. The van der Waals surface area contributed by atoms with Crippen LogP contribution in [0.5, 0.6) is 11.5 Å². The molecule has 0 aliphatic rings.